The molecule has 0 saturated carbocycles. The number of hydrogen-bond donors (Lipinski definition) is 1. The van der Waals surface area contributed by atoms with E-state index in [1.54, 1.807) is 22.7 Å². The van der Waals surface area contributed by atoms with Gasteiger partial charge in [0, 0.05) is 24.5 Å². The van der Waals surface area contributed by atoms with Crippen molar-refractivity contribution in [3.8, 4) is 9.88 Å². The summed E-state index contributed by atoms with van der Waals surface area (Å²) < 4.78 is 0. The molecule has 0 spiro atoms. The van der Waals surface area contributed by atoms with E-state index in [2.05, 4.69) is 11.1 Å². The van der Waals surface area contributed by atoms with Gasteiger partial charge in [0.25, 0.3) is 0 Å². The van der Waals surface area contributed by atoms with Crippen LogP contribution in [0.3, 0.4) is 0 Å². The molecule has 2 aromatic rings. The van der Waals surface area contributed by atoms with Crippen LogP contribution in [-0.4, -0.2) is 34.9 Å². The minimum atomic E-state index is 0.154. The summed E-state index contributed by atoms with van der Waals surface area (Å²) in [6, 6.07) is 4.29. The summed E-state index contributed by atoms with van der Waals surface area (Å²) in [6.07, 6.45) is 2.48. The molecule has 4 nitrogen and oxygen atoms in total. The van der Waals surface area contributed by atoms with Crippen molar-refractivity contribution in [3.63, 3.8) is 0 Å². The zero-order valence-corrected chi connectivity index (χ0v) is 12.8. The molecule has 6 heteroatoms. The van der Waals surface area contributed by atoms with E-state index in [1.807, 2.05) is 21.7 Å². The van der Waals surface area contributed by atoms with Gasteiger partial charge in [-0.25, -0.2) is 4.98 Å². The quantitative estimate of drug-likeness (QED) is 0.943. The number of carbonyl (C=O) groups is 1. The van der Waals surface area contributed by atoms with Crippen LogP contribution in [0.2, 0.25) is 0 Å². The minimum absolute atomic E-state index is 0.154. The number of rotatable bonds is 4. The lowest BCUT2D eigenvalue weighted by Crippen LogP contribution is -2.40. The largest absolute Gasteiger partial charge is 0.338 e. The summed E-state index contributed by atoms with van der Waals surface area (Å²) in [4.78, 5) is 20.0. The Morgan fingerprint density at radius 2 is 2.40 bits per heavy atom. The van der Waals surface area contributed by atoms with Crippen molar-refractivity contribution in [1.82, 2.24) is 9.88 Å². The summed E-state index contributed by atoms with van der Waals surface area (Å²) in [6.45, 7) is 1.39. The first-order valence-electron chi connectivity index (χ1n) is 6.75. The first kappa shape index (κ1) is 13.7. The highest BCUT2D eigenvalue weighted by Crippen LogP contribution is 2.28. The Labute approximate surface area is 126 Å². The molecule has 1 amide bonds. The lowest BCUT2D eigenvalue weighted by molar-refractivity contribution is -0.131. The van der Waals surface area contributed by atoms with Gasteiger partial charge in [-0.2, -0.15) is 0 Å². The first-order chi connectivity index (χ1) is 9.78. The molecule has 0 bridgehead atoms. The van der Waals surface area contributed by atoms with Crippen molar-refractivity contribution in [2.45, 2.75) is 25.3 Å². The Morgan fingerprint density at radius 3 is 3.15 bits per heavy atom. The number of nitrogens with two attached hydrogens (primary N) is 1. The molecule has 1 atom stereocenters. The summed E-state index contributed by atoms with van der Waals surface area (Å²) in [7, 11) is 0. The Bertz CT molecular complexity index is 579. The van der Waals surface area contributed by atoms with Gasteiger partial charge in [-0.1, -0.05) is 6.07 Å². The minimum Gasteiger partial charge on any atom is -0.338 e. The summed E-state index contributed by atoms with van der Waals surface area (Å²) in [5, 5.41) is 5.03. The smallest absolute Gasteiger partial charge is 0.228 e. The van der Waals surface area contributed by atoms with Crippen LogP contribution in [0.1, 0.15) is 18.5 Å². The van der Waals surface area contributed by atoms with Crippen LogP contribution in [0.5, 0.6) is 0 Å². The van der Waals surface area contributed by atoms with E-state index in [4.69, 9.17) is 5.73 Å². The highest BCUT2D eigenvalue weighted by molar-refractivity contribution is 7.20. The number of thiazole rings is 1. The van der Waals surface area contributed by atoms with Crippen molar-refractivity contribution in [2.75, 3.05) is 13.1 Å². The molecule has 1 aliphatic heterocycles. The van der Waals surface area contributed by atoms with Gasteiger partial charge >= 0.3 is 0 Å². The summed E-state index contributed by atoms with van der Waals surface area (Å²) >= 11 is 3.28. The van der Waals surface area contributed by atoms with Gasteiger partial charge in [0.05, 0.1) is 17.0 Å². The summed E-state index contributed by atoms with van der Waals surface area (Å²) in [5.41, 5.74) is 6.58. The van der Waals surface area contributed by atoms with Crippen LogP contribution in [0, 0.1) is 0 Å². The molecular weight excluding hydrogens is 290 g/mol. The Hall–Kier alpha value is -1.24. The number of carbonyl (C=O) groups excluding carboxylic acids is 1. The maximum atomic E-state index is 12.3. The number of nitrogens with zero attached hydrogens (tertiary/aromatic N) is 2. The lowest BCUT2D eigenvalue weighted by atomic mass is 10.2. The van der Waals surface area contributed by atoms with Crippen molar-refractivity contribution in [1.29, 1.82) is 0 Å². The van der Waals surface area contributed by atoms with E-state index in [0.717, 1.165) is 35.0 Å². The number of amides is 1. The average molecular weight is 307 g/mol. The van der Waals surface area contributed by atoms with Gasteiger partial charge in [0.2, 0.25) is 5.91 Å². The van der Waals surface area contributed by atoms with Crippen molar-refractivity contribution < 1.29 is 4.79 Å². The molecular formula is C14H17N3OS2. The van der Waals surface area contributed by atoms with Crippen LogP contribution in [-0.2, 0) is 11.2 Å². The fraction of sp³-hybridized carbons (Fsp3) is 0.429. The SMILES string of the molecule is NCC1CCCN1C(=O)Cc1csc(-c2cccs2)n1. The first-order valence-corrected chi connectivity index (χ1v) is 8.51. The molecule has 3 rings (SSSR count). The topological polar surface area (TPSA) is 59.2 Å². The van der Waals surface area contributed by atoms with E-state index in [-0.39, 0.29) is 11.9 Å². The van der Waals surface area contributed by atoms with Crippen molar-refractivity contribution in [2.24, 2.45) is 5.73 Å². The molecule has 1 saturated heterocycles. The second kappa shape index (κ2) is 6.03. The predicted molar refractivity (Wildman–Crippen MR) is 82.9 cm³/mol. The van der Waals surface area contributed by atoms with E-state index >= 15 is 0 Å². The van der Waals surface area contributed by atoms with Crippen molar-refractivity contribution >= 4 is 28.6 Å². The Kier molecular flexibility index (Phi) is 4.14. The van der Waals surface area contributed by atoms with Crippen LogP contribution < -0.4 is 5.73 Å². The lowest BCUT2D eigenvalue weighted by Gasteiger charge is -2.23. The number of likely N-dealkylation sites (tertiary alicyclic amines) is 1. The highest BCUT2D eigenvalue weighted by atomic mass is 32.1. The fourth-order valence-electron chi connectivity index (χ4n) is 2.57. The molecule has 0 aromatic carbocycles. The van der Waals surface area contributed by atoms with E-state index in [1.165, 1.54) is 0 Å². The third-order valence-corrected chi connectivity index (χ3v) is 5.52. The molecule has 1 aliphatic rings. The Morgan fingerprint density at radius 1 is 1.50 bits per heavy atom. The van der Waals surface area contributed by atoms with E-state index in [9.17, 15) is 4.79 Å². The maximum absolute atomic E-state index is 12.3. The van der Waals surface area contributed by atoms with Crippen LogP contribution in [0.4, 0.5) is 0 Å². The van der Waals surface area contributed by atoms with Crippen LogP contribution in [0.25, 0.3) is 9.88 Å². The van der Waals surface area contributed by atoms with Gasteiger partial charge in [0.15, 0.2) is 0 Å². The van der Waals surface area contributed by atoms with E-state index < -0.39 is 0 Å². The second-order valence-corrected chi connectivity index (χ2v) is 6.72. The van der Waals surface area contributed by atoms with Gasteiger partial charge < -0.3 is 10.6 Å². The molecule has 1 fully saturated rings. The van der Waals surface area contributed by atoms with Crippen LogP contribution >= 0.6 is 22.7 Å². The zero-order chi connectivity index (χ0) is 13.9. The van der Waals surface area contributed by atoms with Gasteiger partial charge in [-0.05, 0) is 24.3 Å². The summed E-state index contributed by atoms with van der Waals surface area (Å²) in [5.74, 6) is 0.154. The number of aromatic nitrogens is 1. The fourth-order valence-corrected chi connectivity index (χ4v) is 4.20. The third-order valence-electron chi connectivity index (χ3n) is 3.59. The molecule has 0 radical (unpaired) electrons. The average Bonchev–Trinajstić information content (AvgIpc) is 3.19. The standard InChI is InChI=1S/C14H17N3OS2/c15-8-11-3-1-5-17(11)13(18)7-10-9-20-14(16-10)12-4-2-6-19-12/h2,4,6,9,11H,1,3,5,7-8,15H2. The number of hydrogen-bond acceptors (Lipinski definition) is 5. The molecule has 3 heterocycles. The molecule has 2 N–H and O–H groups in total. The van der Waals surface area contributed by atoms with Gasteiger partial charge in [-0.3, -0.25) is 4.79 Å². The van der Waals surface area contributed by atoms with Gasteiger partial charge in [0.1, 0.15) is 5.01 Å². The Balaban J connectivity index is 1.67. The molecule has 0 aliphatic carbocycles. The molecule has 106 valence electrons. The maximum Gasteiger partial charge on any atom is 0.228 e. The normalized spacial score (nSPS) is 18.6. The highest BCUT2D eigenvalue weighted by Gasteiger charge is 2.27. The molecule has 1 unspecified atom stereocenters. The monoisotopic (exact) mass is 307 g/mol. The second-order valence-electron chi connectivity index (χ2n) is 4.92. The predicted octanol–water partition coefficient (Wildman–Crippen LogP) is 2.36. The van der Waals surface area contributed by atoms with Gasteiger partial charge in [-0.15, -0.1) is 22.7 Å². The number of thiophene rings is 1. The van der Waals surface area contributed by atoms with Crippen molar-refractivity contribution in [3.05, 3.63) is 28.6 Å². The van der Waals surface area contributed by atoms with Crippen LogP contribution in [0.15, 0.2) is 22.9 Å². The van der Waals surface area contributed by atoms with E-state index in [0.29, 0.717) is 13.0 Å². The molecule has 20 heavy (non-hydrogen) atoms. The molecule has 2 aromatic heterocycles. The third kappa shape index (κ3) is 2.77. The zero-order valence-electron chi connectivity index (χ0n) is 11.1.